The van der Waals surface area contributed by atoms with Crippen molar-refractivity contribution in [2.45, 2.75) is 152 Å². The third-order valence-corrected chi connectivity index (χ3v) is 17.4. The molecule has 8 heteroatoms. The summed E-state index contributed by atoms with van der Waals surface area (Å²) in [5, 5.41) is 9.65. The van der Waals surface area contributed by atoms with Gasteiger partial charge >= 0.3 is 11.9 Å². The van der Waals surface area contributed by atoms with E-state index in [9.17, 15) is 19.5 Å². The number of ketones is 1. The van der Waals surface area contributed by atoms with Crippen molar-refractivity contribution in [2.75, 3.05) is 33.7 Å². The van der Waals surface area contributed by atoms with Crippen LogP contribution in [-0.4, -0.2) is 77.4 Å². The Balaban J connectivity index is 1.27. The summed E-state index contributed by atoms with van der Waals surface area (Å²) in [5.74, 6) is 0.628. The van der Waals surface area contributed by atoms with Crippen molar-refractivity contribution in [1.82, 2.24) is 14.8 Å². The molecule has 56 heavy (non-hydrogen) atoms. The number of allylic oxidation sites excluding steroid dienone is 2. The smallest absolute Gasteiger partial charge is 0.309 e. The van der Waals surface area contributed by atoms with Gasteiger partial charge in [0.2, 0.25) is 0 Å². The molecular formula is C48H75N3O5. The average molecular weight is 774 g/mol. The van der Waals surface area contributed by atoms with Crippen LogP contribution in [-0.2, 0) is 19.1 Å². The highest BCUT2D eigenvalue weighted by Crippen LogP contribution is 2.77. The minimum atomic E-state index is -1.15. The van der Waals surface area contributed by atoms with Crippen LogP contribution in [0.3, 0.4) is 0 Å². The molecule has 1 N–H and O–H groups in total. The molecule has 0 aromatic carbocycles. The van der Waals surface area contributed by atoms with Gasteiger partial charge in [-0.05, 0) is 162 Å². The van der Waals surface area contributed by atoms with Crippen LogP contribution < -0.4 is 0 Å². The Labute approximate surface area is 339 Å². The fourth-order valence-corrected chi connectivity index (χ4v) is 13.9. The molecule has 0 spiro atoms. The number of carbonyl (C=O) groups excluding carboxylic acids is 2. The van der Waals surface area contributed by atoms with E-state index in [-0.39, 0.29) is 51.6 Å². The summed E-state index contributed by atoms with van der Waals surface area (Å²) in [6.07, 6.45) is 13.8. The van der Waals surface area contributed by atoms with Gasteiger partial charge in [-0.25, -0.2) is 0 Å². The molecule has 5 aliphatic rings. The van der Waals surface area contributed by atoms with Crippen molar-refractivity contribution >= 4 is 17.7 Å². The number of hydrogen-bond acceptors (Lipinski definition) is 7. The topological polar surface area (TPSA) is 100 Å². The summed E-state index contributed by atoms with van der Waals surface area (Å²) in [6, 6.07) is 4.56. The lowest BCUT2D eigenvalue weighted by molar-refractivity contribution is -0.233. The minimum Gasteiger partial charge on any atom is -0.481 e. The van der Waals surface area contributed by atoms with Crippen molar-refractivity contribution in [2.24, 2.45) is 56.2 Å². The minimum absolute atomic E-state index is 0.0708. The van der Waals surface area contributed by atoms with E-state index in [2.05, 4.69) is 96.4 Å². The fraction of sp³-hybridized carbons (Fsp3) is 0.792. The molecule has 0 amide bonds. The van der Waals surface area contributed by atoms with Gasteiger partial charge in [-0.2, -0.15) is 0 Å². The number of Topliss-reactive ketones (excluding diaryl/α,β-unsaturated/α-hetero) is 1. The average Bonchev–Trinajstić information content (AvgIpc) is 3.41. The summed E-state index contributed by atoms with van der Waals surface area (Å²) < 4.78 is 6.21. The van der Waals surface area contributed by atoms with Gasteiger partial charge in [0.1, 0.15) is 6.10 Å². The van der Waals surface area contributed by atoms with Crippen molar-refractivity contribution in [3.05, 3.63) is 41.2 Å². The Morgan fingerprint density at radius 2 is 1.57 bits per heavy atom. The highest BCUT2D eigenvalue weighted by atomic mass is 16.5. The standard InChI is InChI=1S/C48H75N3O5/c1-31(2)40-35(52)29-48(23-26-51(28-27-50(11)12)32(3)33-17-24-49-25-18-33)22-21-46(9)34(41(40)48)13-14-37-45(8)19-16-38(56-39(53)30-43(4,5)42(54)55)44(6,7)36(45)15-20-47(37,46)10/h17-18,24-25,31-32,34,36-38H,13-16,19-23,26-30H2,1-12H3,(H,54,55)/t32-,34-,36+,37-,38+,45+,46-,47-,48-/m1/s1. The molecule has 8 nitrogen and oxygen atoms in total. The number of fused-ring (bicyclic) bond motifs is 7. The largest absolute Gasteiger partial charge is 0.481 e. The monoisotopic (exact) mass is 774 g/mol. The van der Waals surface area contributed by atoms with Crippen molar-refractivity contribution in [3.8, 4) is 0 Å². The van der Waals surface area contributed by atoms with Gasteiger partial charge in [0.05, 0.1) is 11.8 Å². The van der Waals surface area contributed by atoms with E-state index in [1.165, 1.54) is 17.6 Å². The second-order valence-electron chi connectivity index (χ2n) is 21.7. The maximum Gasteiger partial charge on any atom is 0.309 e. The molecule has 0 radical (unpaired) electrons. The second-order valence-corrected chi connectivity index (χ2v) is 21.7. The molecule has 0 bridgehead atoms. The Morgan fingerprint density at radius 3 is 2.20 bits per heavy atom. The molecule has 0 aliphatic heterocycles. The maximum atomic E-state index is 14.3. The molecule has 0 saturated heterocycles. The number of hydrogen-bond donors (Lipinski definition) is 1. The van der Waals surface area contributed by atoms with Gasteiger partial charge in [-0.1, -0.05) is 54.0 Å². The lowest BCUT2D eigenvalue weighted by atomic mass is 9.33. The van der Waals surface area contributed by atoms with E-state index >= 15 is 0 Å². The van der Waals surface area contributed by atoms with Crippen molar-refractivity contribution < 1.29 is 24.2 Å². The molecule has 1 heterocycles. The number of ether oxygens (including phenoxy) is 1. The molecule has 0 unspecified atom stereocenters. The molecule has 6 rings (SSSR count). The molecule has 312 valence electrons. The normalized spacial score (nSPS) is 35.9. The summed E-state index contributed by atoms with van der Waals surface area (Å²) in [4.78, 5) is 48.5. The fourth-order valence-electron chi connectivity index (χ4n) is 13.9. The second kappa shape index (κ2) is 15.2. The first kappa shape index (κ1) is 43.0. The first-order valence-electron chi connectivity index (χ1n) is 22.0. The van der Waals surface area contributed by atoms with Crippen molar-refractivity contribution in [1.29, 1.82) is 0 Å². The Kier molecular flexibility index (Phi) is 11.7. The molecule has 5 aliphatic carbocycles. The maximum absolute atomic E-state index is 14.3. The summed E-state index contributed by atoms with van der Waals surface area (Å²) in [7, 11) is 4.30. The predicted octanol–water partition coefficient (Wildman–Crippen LogP) is 9.79. The Morgan fingerprint density at radius 1 is 0.893 bits per heavy atom. The van der Waals surface area contributed by atoms with E-state index in [4.69, 9.17) is 4.74 Å². The van der Waals surface area contributed by atoms with E-state index in [1.54, 1.807) is 19.4 Å². The Hall–Kier alpha value is -2.58. The number of carboxylic acids is 1. The van der Waals surface area contributed by atoms with Crippen molar-refractivity contribution in [3.63, 3.8) is 0 Å². The summed E-state index contributed by atoms with van der Waals surface area (Å²) >= 11 is 0. The molecular weight excluding hydrogens is 699 g/mol. The van der Waals surface area contributed by atoms with Gasteiger partial charge in [0.25, 0.3) is 0 Å². The Bertz CT molecular complexity index is 1680. The van der Waals surface area contributed by atoms with Crippen LogP contribution in [0.4, 0.5) is 0 Å². The summed E-state index contributed by atoms with van der Waals surface area (Å²) in [6.45, 7) is 25.4. The van der Waals surface area contributed by atoms with Crippen LogP contribution >= 0.6 is 0 Å². The van der Waals surface area contributed by atoms with Crippen LogP contribution in [0.15, 0.2) is 35.7 Å². The number of rotatable bonds is 13. The molecule has 4 fully saturated rings. The van der Waals surface area contributed by atoms with E-state index in [1.807, 2.05) is 12.4 Å². The number of pyridine rings is 1. The van der Waals surface area contributed by atoms with E-state index < -0.39 is 17.4 Å². The first-order chi connectivity index (χ1) is 26.0. The number of esters is 1. The van der Waals surface area contributed by atoms with Crippen LogP contribution in [0.5, 0.6) is 0 Å². The number of aromatic nitrogens is 1. The van der Waals surface area contributed by atoms with Crippen LogP contribution in [0, 0.1) is 56.2 Å². The third kappa shape index (κ3) is 7.13. The quantitative estimate of drug-likeness (QED) is 0.198. The van der Waals surface area contributed by atoms with Gasteiger partial charge < -0.3 is 14.7 Å². The zero-order valence-electron chi connectivity index (χ0n) is 37.1. The molecule has 1 aromatic rings. The number of nitrogens with zero attached hydrogens (tertiary/aromatic N) is 3. The first-order valence-corrected chi connectivity index (χ1v) is 22.0. The summed E-state index contributed by atoms with van der Waals surface area (Å²) in [5.41, 5.74) is 2.92. The molecule has 9 atom stereocenters. The van der Waals surface area contributed by atoms with Gasteiger partial charge in [-0.3, -0.25) is 24.3 Å². The van der Waals surface area contributed by atoms with Gasteiger partial charge in [0, 0.05) is 48.8 Å². The lowest BCUT2D eigenvalue weighted by Gasteiger charge is -2.72. The SMILES string of the molecule is CC(C)C1=C2[C@H]3CC[C@@H]4[C@@]5(C)CC[C@H](OC(=O)CC(C)(C)C(=O)O)C(C)(C)[C@@H]5CC[C@@]4(C)[C@]3(C)CC[C@@]2(CCN(CCN(C)C)[C@H](C)c2ccncc2)CC1=O. The highest BCUT2D eigenvalue weighted by Gasteiger charge is 2.70. The number of carboxylic acid groups (broad SMARTS) is 1. The van der Waals surface area contributed by atoms with Crippen LogP contribution in [0.2, 0.25) is 0 Å². The van der Waals surface area contributed by atoms with Crippen LogP contribution in [0.25, 0.3) is 0 Å². The third-order valence-electron chi connectivity index (χ3n) is 17.4. The molecule has 4 saturated carbocycles. The highest BCUT2D eigenvalue weighted by molar-refractivity contribution is 6.00. The number of likely N-dealkylation sites (N-methyl/N-ethyl adjacent to an activating group) is 1. The zero-order valence-corrected chi connectivity index (χ0v) is 37.1. The van der Waals surface area contributed by atoms with E-state index in [0.29, 0.717) is 30.0 Å². The number of carbonyl (C=O) groups is 3. The number of aliphatic carboxylic acids is 1. The molecule has 1 aromatic heterocycles. The zero-order chi connectivity index (χ0) is 41.2. The van der Waals surface area contributed by atoms with E-state index in [0.717, 1.165) is 71.0 Å². The predicted molar refractivity (Wildman–Crippen MR) is 223 cm³/mol. The van der Waals surface area contributed by atoms with Gasteiger partial charge in [0.15, 0.2) is 5.78 Å². The van der Waals surface area contributed by atoms with Gasteiger partial charge in [-0.15, -0.1) is 0 Å². The lowest BCUT2D eigenvalue weighted by Crippen LogP contribution is -2.65. The van der Waals surface area contributed by atoms with Crippen LogP contribution in [0.1, 0.15) is 151 Å².